The Morgan fingerprint density at radius 2 is 2.47 bits per heavy atom. The number of nitrogens with one attached hydrogen (secondary N) is 1. The minimum atomic E-state index is 0.555. The van der Waals surface area contributed by atoms with Crippen LogP contribution in [0.2, 0.25) is 0 Å². The van der Waals surface area contributed by atoms with Gasteiger partial charge in [0, 0.05) is 17.9 Å². The van der Waals surface area contributed by atoms with Gasteiger partial charge in [0.25, 0.3) is 0 Å². The van der Waals surface area contributed by atoms with E-state index in [1.54, 1.807) is 0 Å². The second-order valence-electron chi connectivity index (χ2n) is 4.30. The van der Waals surface area contributed by atoms with Gasteiger partial charge in [-0.2, -0.15) is 0 Å². The monoisotopic (exact) mass is 201 g/mol. The summed E-state index contributed by atoms with van der Waals surface area (Å²) in [6.07, 6.45) is 4.39. The molecule has 3 heteroatoms. The average molecular weight is 201 g/mol. The Morgan fingerprint density at radius 3 is 3.20 bits per heavy atom. The van der Waals surface area contributed by atoms with Crippen molar-refractivity contribution < 1.29 is 0 Å². The van der Waals surface area contributed by atoms with E-state index >= 15 is 0 Å². The van der Waals surface area contributed by atoms with Gasteiger partial charge in [0.2, 0.25) is 0 Å². The molecule has 0 aliphatic carbocycles. The van der Waals surface area contributed by atoms with Gasteiger partial charge >= 0.3 is 0 Å². The first-order chi connectivity index (χ1) is 7.34. The molecule has 1 N–H and O–H groups in total. The van der Waals surface area contributed by atoms with Crippen molar-refractivity contribution in [3.05, 3.63) is 30.1 Å². The van der Waals surface area contributed by atoms with Crippen molar-refractivity contribution in [1.82, 2.24) is 14.9 Å². The highest BCUT2D eigenvalue weighted by molar-refractivity contribution is 5.75. The molecule has 0 amide bonds. The number of hydrogen-bond acceptors (Lipinski definition) is 2. The number of aromatic amines is 1. The highest BCUT2D eigenvalue weighted by atomic mass is 15.2. The number of hydrogen-bond donors (Lipinski definition) is 1. The van der Waals surface area contributed by atoms with Gasteiger partial charge in [-0.1, -0.05) is 0 Å². The molecular weight excluding hydrogens is 186 g/mol. The molecule has 1 aliphatic heterocycles. The first kappa shape index (κ1) is 8.92. The Morgan fingerprint density at radius 1 is 1.53 bits per heavy atom. The van der Waals surface area contributed by atoms with Gasteiger partial charge in [0.15, 0.2) is 0 Å². The van der Waals surface area contributed by atoms with E-state index in [1.165, 1.54) is 25.1 Å². The van der Waals surface area contributed by atoms with E-state index in [-0.39, 0.29) is 0 Å². The van der Waals surface area contributed by atoms with Gasteiger partial charge in [0.1, 0.15) is 0 Å². The summed E-state index contributed by atoms with van der Waals surface area (Å²) in [5.41, 5.74) is 3.53. The number of pyridine rings is 1. The van der Waals surface area contributed by atoms with E-state index in [0.29, 0.717) is 6.04 Å². The number of fused-ring (bicyclic) bond motifs is 1. The number of rotatable bonds is 1. The van der Waals surface area contributed by atoms with Crippen molar-refractivity contribution >= 4 is 11.0 Å². The summed E-state index contributed by atoms with van der Waals surface area (Å²) in [6.45, 7) is 1.20. The highest BCUT2D eigenvalue weighted by Gasteiger charge is 2.23. The molecule has 15 heavy (non-hydrogen) atoms. The van der Waals surface area contributed by atoms with Gasteiger partial charge in [-0.3, -0.25) is 9.88 Å². The van der Waals surface area contributed by atoms with Gasteiger partial charge in [-0.15, -0.1) is 0 Å². The number of nitrogens with zero attached hydrogens (tertiary/aromatic N) is 2. The first-order valence-corrected chi connectivity index (χ1v) is 5.48. The molecule has 78 valence electrons. The van der Waals surface area contributed by atoms with Crippen LogP contribution in [0, 0.1) is 0 Å². The zero-order valence-electron chi connectivity index (χ0n) is 8.90. The lowest BCUT2D eigenvalue weighted by Crippen LogP contribution is -2.17. The normalized spacial score (nSPS) is 22.6. The lowest BCUT2D eigenvalue weighted by atomic mass is 10.1. The van der Waals surface area contributed by atoms with Gasteiger partial charge in [0.05, 0.1) is 11.0 Å². The van der Waals surface area contributed by atoms with Gasteiger partial charge in [-0.05, 0) is 44.6 Å². The lowest BCUT2D eigenvalue weighted by Gasteiger charge is -2.17. The molecule has 0 spiro atoms. The van der Waals surface area contributed by atoms with Crippen molar-refractivity contribution in [3.8, 4) is 0 Å². The van der Waals surface area contributed by atoms with Crippen LogP contribution < -0.4 is 0 Å². The molecule has 1 atom stereocenters. The quantitative estimate of drug-likeness (QED) is 0.768. The number of H-pyrrole nitrogens is 1. The van der Waals surface area contributed by atoms with Crippen LogP contribution in [0.4, 0.5) is 0 Å². The van der Waals surface area contributed by atoms with E-state index in [0.717, 1.165) is 11.0 Å². The summed E-state index contributed by atoms with van der Waals surface area (Å²) in [5.74, 6) is 0. The second kappa shape index (κ2) is 3.35. The molecule has 0 aromatic carbocycles. The molecule has 1 saturated heterocycles. The third-order valence-electron chi connectivity index (χ3n) is 3.29. The Labute approximate surface area is 89.1 Å². The molecule has 2 aromatic rings. The van der Waals surface area contributed by atoms with Gasteiger partial charge < -0.3 is 4.98 Å². The van der Waals surface area contributed by atoms with Crippen LogP contribution in [0.1, 0.15) is 24.6 Å². The minimum absolute atomic E-state index is 0.555. The average Bonchev–Trinajstić information content (AvgIpc) is 2.82. The molecule has 0 saturated carbocycles. The van der Waals surface area contributed by atoms with Crippen LogP contribution >= 0.6 is 0 Å². The minimum Gasteiger partial charge on any atom is -0.356 e. The van der Waals surface area contributed by atoms with E-state index in [1.807, 2.05) is 12.3 Å². The third kappa shape index (κ3) is 1.43. The van der Waals surface area contributed by atoms with E-state index in [4.69, 9.17) is 0 Å². The smallest absolute Gasteiger partial charge is 0.0882 e. The van der Waals surface area contributed by atoms with E-state index < -0.39 is 0 Å². The summed E-state index contributed by atoms with van der Waals surface area (Å²) in [5, 5.41) is 0. The molecule has 3 nitrogen and oxygen atoms in total. The van der Waals surface area contributed by atoms with Crippen LogP contribution in [-0.2, 0) is 0 Å². The maximum Gasteiger partial charge on any atom is 0.0882 e. The molecule has 3 rings (SSSR count). The fourth-order valence-corrected chi connectivity index (χ4v) is 2.46. The standard InChI is InChI=1S/C12H15N3/c1-15-7-3-5-12(15)11-8-10-9(14-11)4-2-6-13-10/h2,4,6,8,12,14H,3,5,7H2,1H3. The molecule has 1 unspecified atom stereocenters. The maximum absolute atomic E-state index is 4.35. The Bertz CT molecular complexity index is 441. The summed E-state index contributed by atoms with van der Waals surface area (Å²) >= 11 is 0. The number of aromatic nitrogens is 2. The molecule has 3 heterocycles. The molecule has 0 radical (unpaired) electrons. The molecular formula is C12H15N3. The summed E-state index contributed by atoms with van der Waals surface area (Å²) in [7, 11) is 2.19. The van der Waals surface area contributed by atoms with E-state index in [2.05, 4.69) is 34.0 Å². The van der Waals surface area contributed by atoms with Crippen molar-refractivity contribution in [2.75, 3.05) is 13.6 Å². The van der Waals surface area contributed by atoms with Crippen molar-refractivity contribution in [1.29, 1.82) is 0 Å². The largest absolute Gasteiger partial charge is 0.356 e. The van der Waals surface area contributed by atoms with E-state index in [9.17, 15) is 0 Å². The Balaban J connectivity index is 2.04. The zero-order chi connectivity index (χ0) is 10.3. The fourth-order valence-electron chi connectivity index (χ4n) is 2.46. The second-order valence-corrected chi connectivity index (χ2v) is 4.30. The molecule has 2 aromatic heterocycles. The van der Waals surface area contributed by atoms with Gasteiger partial charge in [-0.25, -0.2) is 0 Å². The molecule has 0 bridgehead atoms. The predicted molar refractivity (Wildman–Crippen MR) is 60.7 cm³/mol. The maximum atomic E-state index is 4.35. The SMILES string of the molecule is CN1CCCC1c1cc2ncccc2[nH]1. The number of likely N-dealkylation sites (tertiary alicyclic amines) is 1. The highest BCUT2D eigenvalue weighted by Crippen LogP contribution is 2.30. The predicted octanol–water partition coefficient (Wildman–Crippen LogP) is 2.33. The molecule has 1 fully saturated rings. The Kier molecular flexibility index (Phi) is 1.99. The van der Waals surface area contributed by atoms with Crippen molar-refractivity contribution in [3.63, 3.8) is 0 Å². The van der Waals surface area contributed by atoms with Crippen LogP contribution in [0.3, 0.4) is 0 Å². The lowest BCUT2D eigenvalue weighted by molar-refractivity contribution is 0.313. The van der Waals surface area contributed by atoms with Crippen LogP contribution in [0.15, 0.2) is 24.4 Å². The summed E-state index contributed by atoms with van der Waals surface area (Å²) in [6, 6.07) is 6.79. The summed E-state index contributed by atoms with van der Waals surface area (Å²) < 4.78 is 0. The van der Waals surface area contributed by atoms with Crippen LogP contribution in [-0.4, -0.2) is 28.5 Å². The van der Waals surface area contributed by atoms with Crippen molar-refractivity contribution in [2.24, 2.45) is 0 Å². The topological polar surface area (TPSA) is 31.9 Å². The fraction of sp³-hybridized carbons (Fsp3) is 0.417. The van der Waals surface area contributed by atoms with Crippen molar-refractivity contribution in [2.45, 2.75) is 18.9 Å². The summed E-state index contributed by atoms with van der Waals surface area (Å²) in [4.78, 5) is 10.2. The molecule has 1 aliphatic rings. The van der Waals surface area contributed by atoms with Crippen LogP contribution in [0.5, 0.6) is 0 Å². The van der Waals surface area contributed by atoms with Crippen LogP contribution in [0.25, 0.3) is 11.0 Å². The zero-order valence-corrected chi connectivity index (χ0v) is 8.90. The third-order valence-corrected chi connectivity index (χ3v) is 3.29. The Hall–Kier alpha value is -1.35. The first-order valence-electron chi connectivity index (χ1n) is 5.48.